The van der Waals surface area contributed by atoms with E-state index < -0.39 is 5.54 Å². The molecule has 5 heteroatoms. The van der Waals surface area contributed by atoms with Crippen LogP contribution in [0.5, 0.6) is 0 Å². The molecule has 1 atom stereocenters. The van der Waals surface area contributed by atoms with E-state index in [-0.39, 0.29) is 5.91 Å². The first-order chi connectivity index (χ1) is 8.57. The van der Waals surface area contributed by atoms with Gasteiger partial charge in [-0.15, -0.1) is 0 Å². The highest BCUT2D eigenvalue weighted by molar-refractivity contribution is 5.86. The normalized spacial score (nSPS) is 23.3. The average Bonchev–Trinajstić information content (AvgIpc) is 2.95. The lowest BCUT2D eigenvalue weighted by Crippen LogP contribution is -2.52. The molecule has 2 heterocycles. The van der Waals surface area contributed by atoms with Crippen LogP contribution in [0.3, 0.4) is 0 Å². The number of rotatable bonds is 4. The number of carbonyl (C=O) groups excluding carboxylic acids is 1. The van der Waals surface area contributed by atoms with Crippen LogP contribution in [-0.4, -0.2) is 23.0 Å². The minimum atomic E-state index is -0.392. The number of hydrogen-bond acceptors (Lipinski definition) is 4. The molecule has 1 aromatic heterocycles. The van der Waals surface area contributed by atoms with Crippen molar-refractivity contribution >= 4 is 5.91 Å². The Hall–Kier alpha value is -1.36. The van der Waals surface area contributed by atoms with Crippen LogP contribution in [0.1, 0.15) is 43.5 Å². The van der Waals surface area contributed by atoms with Gasteiger partial charge in [-0.1, -0.05) is 6.92 Å². The van der Waals surface area contributed by atoms with Crippen molar-refractivity contribution in [2.24, 2.45) is 0 Å². The van der Waals surface area contributed by atoms with Gasteiger partial charge in [-0.3, -0.25) is 4.79 Å². The minimum Gasteiger partial charge on any atom is -0.444 e. The first-order valence-corrected chi connectivity index (χ1v) is 6.53. The zero-order chi connectivity index (χ0) is 13.2. The summed E-state index contributed by atoms with van der Waals surface area (Å²) in [6.45, 7) is 7.09. The number of hydrogen-bond donors (Lipinski definition) is 2. The van der Waals surface area contributed by atoms with Crippen LogP contribution in [0.15, 0.2) is 4.42 Å². The van der Waals surface area contributed by atoms with Crippen molar-refractivity contribution in [1.29, 1.82) is 0 Å². The molecule has 0 spiro atoms. The molecule has 2 rings (SSSR count). The maximum atomic E-state index is 12.2. The summed E-state index contributed by atoms with van der Waals surface area (Å²) in [7, 11) is 0. The van der Waals surface area contributed by atoms with E-state index in [1.807, 2.05) is 20.8 Å². The molecular weight excluding hydrogens is 230 g/mol. The topological polar surface area (TPSA) is 67.2 Å². The summed E-state index contributed by atoms with van der Waals surface area (Å²) in [5.41, 5.74) is 0.486. The van der Waals surface area contributed by atoms with Crippen molar-refractivity contribution in [2.45, 2.75) is 52.1 Å². The maximum Gasteiger partial charge on any atom is 0.240 e. The Labute approximate surface area is 107 Å². The molecule has 1 aliphatic rings. The highest BCUT2D eigenvalue weighted by atomic mass is 16.4. The third kappa shape index (κ3) is 2.41. The molecule has 100 valence electrons. The van der Waals surface area contributed by atoms with Gasteiger partial charge in [0.2, 0.25) is 11.8 Å². The molecule has 1 fully saturated rings. The quantitative estimate of drug-likeness (QED) is 0.849. The molecule has 1 saturated heterocycles. The van der Waals surface area contributed by atoms with Crippen molar-refractivity contribution in [3.63, 3.8) is 0 Å². The van der Waals surface area contributed by atoms with Crippen LogP contribution < -0.4 is 10.6 Å². The molecule has 1 amide bonds. The first-order valence-electron chi connectivity index (χ1n) is 6.53. The molecule has 0 bridgehead atoms. The van der Waals surface area contributed by atoms with Crippen molar-refractivity contribution in [3.8, 4) is 0 Å². The summed E-state index contributed by atoms with van der Waals surface area (Å²) in [5, 5.41) is 6.22. The lowest BCUT2D eigenvalue weighted by atomic mass is 9.93. The van der Waals surface area contributed by atoms with Gasteiger partial charge >= 0.3 is 0 Å². The van der Waals surface area contributed by atoms with E-state index in [0.717, 1.165) is 37.3 Å². The van der Waals surface area contributed by atoms with Gasteiger partial charge in [-0.05, 0) is 39.7 Å². The molecule has 18 heavy (non-hydrogen) atoms. The van der Waals surface area contributed by atoms with Crippen LogP contribution in [0.4, 0.5) is 0 Å². The summed E-state index contributed by atoms with van der Waals surface area (Å²) in [6, 6.07) is 0. The molecular formula is C13H21N3O2. The number of carbonyl (C=O) groups is 1. The monoisotopic (exact) mass is 251 g/mol. The Morgan fingerprint density at radius 2 is 2.33 bits per heavy atom. The molecule has 0 aliphatic carbocycles. The number of aromatic nitrogens is 1. The van der Waals surface area contributed by atoms with E-state index in [4.69, 9.17) is 4.42 Å². The second-order valence-corrected chi connectivity index (χ2v) is 4.90. The third-order valence-electron chi connectivity index (χ3n) is 3.75. The molecule has 5 nitrogen and oxygen atoms in total. The van der Waals surface area contributed by atoms with Gasteiger partial charge in [0.1, 0.15) is 5.76 Å². The second-order valence-electron chi connectivity index (χ2n) is 4.90. The lowest BCUT2D eigenvalue weighted by Gasteiger charge is -2.26. The van der Waals surface area contributed by atoms with Gasteiger partial charge in [-0.2, -0.15) is 0 Å². The number of nitrogens with zero attached hydrogens (tertiary/aromatic N) is 1. The summed E-state index contributed by atoms with van der Waals surface area (Å²) < 4.78 is 5.45. The van der Waals surface area contributed by atoms with Gasteiger partial charge in [0.25, 0.3) is 0 Å². The molecule has 0 aromatic carbocycles. The highest BCUT2D eigenvalue weighted by Gasteiger charge is 2.38. The summed E-state index contributed by atoms with van der Waals surface area (Å²) in [5.74, 6) is 1.43. The van der Waals surface area contributed by atoms with Gasteiger partial charge in [-0.25, -0.2) is 4.98 Å². The Balaban J connectivity index is 1.95. The molecule has 1 unspecified atom stereocenters. The minimum absolute atomic E-state index is 0.0519. The Morgan fingerprint density at radius 3 is 2.83 bits per heavy atom. The largest absolute Gasteiger partial charge is 0.444 e. The molecule has 1 aliphatic heterocycles. The molecule has 2 N–H and O–H groups in total. The molecule has 1 aromatic rings. The van der Waals surface area contributed by atoms with E-state index >= 15 is 0 Å². The zero-order valence-electron chi connectivity index (χ0n) is 11.3. The van der Waals surface area contributed by atoms with Gasteiger partial charge in [0.05, 0.1) is 17.8 Å². The van der Waals surface area contributed by atoms with Crippen LogP contribution in [0.25, 0.3) is 0 Å². The van der Waals surface area contributed by atoms with E-state index in [1.165, 1.54) is 0 Å². The second kappa shape index (κ2) is 5.10. The first kappa shape index (κ1) is 13.1. The van der Waals surface area contributed by atoms with E-state index in [9.17, 15) is 4.79 Å². The fourth-order valence-corrected chi connectivity index (χ4v) is 2.40. The lowest BCUT2D eigenvalue weighted by molar-refractivity contribution is -0.127. The van der Waals surface area contributed by atoms with Crippen LogP contribution in [-0.2, 0) is 11.3 Å². The maximum absolute atomic E-state index is 12.2. The van der Waals surface area contributed by atoms with Crippen LogP contribution in [0, 0.1) is 13.8 Å². The highest BCUT2D eigenvalue weighted by Crippen LogP contribution is 2.23. The predicted octanol–water partition coefficient (Wildman–Crippen LogP) is 1.44. The van der Waals surface area contributed by atoms with Crippen LogP contribution >= 0.6 is 0 Å². The van der Waals surface area contributed by atoms with Crippen LogP contribution in [0.2, 0.25) is 0 Å². The smallest absolute Gasteiger partial charge is 0.240 e. The Kier molecular flexibility index (Phi) is 3.71. The van der Waals surface area contributed by atoms with E-state index in [0.29, 0.717) is 12.4 Å². The predicted molar refractivity (Wildman–Crippen MR) is 68.1 cm³/mol. The standard InChI is InChI=1S/C13H21N3O2/c1-4-13(6-5-7-15-13)12(17)14-8-11-16-9(2)10(3)18-11/h15H,4-8H2,1-3H3,(H,14,17). The molecule has 0 saturated carbocycles. The number of amides is 1. The summed E-state index contributed by atoms with van der Waals surface area (Å²) in [4.78, 5) is 16.5. The fraction of sp³-hybridized carbons (Fsp3) is 0.692. The Morgan fingerprint density at radius 1 is 1.56 bits per heavy atom. The summed E-state index contributed by atoms with van der Waals surface area (Å²) in [6.07, 6.45) is 2.76. The van der Waals surface area contributed by atoms with Gasteiger partial charge < -0.3 is 15.1 Å². The van der Waals surface area contributed by atoms with Crippen molar-refractivity contribution in [2.75, 3.05) is 6.54 Å². The van der Waals surface area contributed by atoms with Gasteiger partial charge in [0.15, 0.2) is 0 Å². The Bertz CT molecular complexity index is 414. The zero-order valence-corrected chi connectivity index (χ0v) is 11.3. The average molecular weight is 251 g/mol. The fourth-order valence-electron chi connectivity index (χ4n) is 2.40. The third-order valence-corrected chi connectivity index (χ3v) is 3.75. The summed E-state index contributed by atoms with van der Waals surface area (Å²) >= 11 is 0. The van der Waals surface area contributed by atoms with Crippen molar-refractivity contribution in [1.82, 2.24) is 15.6 Å². The number of nitrogens with one attached hydrogen (secondary N) is 2. The van der Waals surface area contributed by atoms with E-state index in [2.05, 4.69) is 15.6 Å². The molecule has 0 radical (unpaired) electrons. The van der Waals surface area contributed by atoms with Gasteiger partial charge in [0, 0.05) is 0 Å². The van der Waals surface area contributed by atoms with Crippen molar-refractivity contribution in [3.05, 3.63) is 17.3 Å². The van der Waals surface area contributed by atoms with E-state index in [1.54, 1.807) is 0 Å². The number of oxazole rings is 1. The van der Waals surface area contributed by atoms with Crippen molar-refractivity contribution < 1.29 is 9.21 Å². The number of aryl methyl sites for hydroxylation is 2. The SMILES string of the molecule is CCC1(C(=O)NCc2nc(C)c(C)o2)CCCN1.